The van der Waals surface area contributed by atoms with Gasteiger partial charge < -0.3 is 4.74 Å². The summed E-state index contributed by atoms with van der Waals surface area (Å²) in [6.07, 6.45) is 3.23. The molecule has 1 atom stereocenters. The zero-order valence-corrected chi connectivity index (χ0v) is 11.3. The molecule has 2 rings (SSSR count). The van der Waals surface area contributed by atoms with Gasteiger partial charge in [-0.05, 0) is 0 Å². The van der Waals surface area contributed by atoms with Gasteiger partial charge in [0, 0.05) is 7.11 Å². The molecule has 0 radical (unpaired) electrons. The molecule has 2 heterocycles. The van der Waals surface area contributed by atoms with Gasteiger partial charge in [0.2, 0.25) is 0 Å². The molecule has 1 unspecified atom stereocenters. The second-order valence-electron chi connectivity index (χ2n) is 3.53. The largest absolute Gasteiger partial charge is 0.383 e. The maximum Gasteiger partial charge on any atom is 0.109 e. The summed E-state index contributed by atoms with van der Waals surface area (Å²) in [6, 6.07) is -0.337. The Hall–Kier alpha value is -1.06. The van der Waals surface area contributed by atoms with Crippen molar-refractivity contribution in [2.75, 3.05) is 13.7 Å². The van der Waals surface area contributed by atoms with Crippen molar-refractivity contribution < 1.29 is 4.74 Å². The van der Waals surface area contributed by atoms with Gasteiger partial charge in [-0.2, -0.15) is 13.8 Å². The Kier molecular flexibility index (Phi) is 4.61. The van der Waals surface area contributed by atoms with E-state index in [2.05, 4.69) is 19.3 Å². The average molecular weight is 289 g/mol. The zero-order chi connectivity index (χ0) is 13.0. The van der Waals surface area contributed by atoms with Gasteiger partial charge in [-0.3, -0.25) is 10.5 Å². The maximum atomic E-state index is 6.15. The predicted octanol–water partition coefficient (Wildman–Crippen LogP) is 0.587. The SMILES string of the molecule is COCCn1ncc(Cl)c1C(NN)c1cnsn1. The molecule has 0 aliphatic heterocycles. The van der Waals surface area contributed by atoms with Gasteiger partial charge in [-0.1, -0.05) is 11.6 Å². The highest BCUT2D eigenvalue weighted by Gasteiger charge is 2.23. The first kappa shape index (κ1) is 13.4. The van der Waals surface area contributed by atoms with Crippen LogP contribution in [0.15, 0.2) is 12.4 Å². The topological polar surface area (TPSA) is 90.9 Å². The first-order valence-electron chi connectivity index (χ1n) is 5.21. The fraction of sp³-hybridized carbons (Fsp3) is 0.444. The number of hydrazine groups is 1. The zero-order valence-electron chi connectivity index (χ0n) is 9.71. The number of hydrogen-bond acceptors (Lipinski definition) is 7. The molecule has 0 fully saturated rings. The van der Waals surface area contributed by atoms with E-state index in [0.29, 0.717) is 23.9 Å². The highest BCUT2D eigenvalue weighted by atomic mass is 35.5. The number of ether oxygens (including phenoxy) is 1. The number of hydrogen-bond donors (Lipinski definition) is 2. The lowest BCUT2D eigenvalue weighted by atomic mass is 10.1. The van der Waals surface area contributed by atoms with E-state index in [1.807, 2.05) is 0 Å². The Labute approximate surface area is 113 Å². The first-order chi connectivity index (χ1) is 8.77. The van der Waals surface area contributed by atoms with Crippen LogP contribution in [-0.4, -0.2) is 32.2 Å². The second kappa shape index (κ2) is 6.21. The van der Waals surface area contributed by atoms with Crippen molar-refractivity contribution in [3.63, 3.8) is 0 Å². The summed E-state index contributed by atoms with van der Waals surface area (Å²) in [5.74, 6) is 5.58. The third-order valence-electron chi connectivity index (χ3n) is 2.45. The number of nitrogens with two attached hydrogens (primary N) is 1. The molecule has 0 aromatic carbocycles. The van der Waals surface area contributed by atoms with E-state index in [1.165, 1.54) is 0 Å². The Morgan fingerprint density at radius 2 is 2.44 bits per heavy atom. The molecule has 98 valence electrons. The quantitative estimate of drug-likeness (QED) is 0.597. The summed E-state index contributed by atoms with van der Waals surface area (Å²) in [7, 11) is 1.63. The molecule has 0 saturated carbocycles. The van der Waals surface area contributed by atoms with E-state index in [9.17, 15) is 0 Å². The second-order valence-corrected chi connectivity index (χ2v) is 4.49. The summed E-state index contributed by atoms with van der Waals surface area (Å²) in [5, 5.41) is 4.73. The van der Waals surface area contributed by atoms with Gasteiger partial charge in [-0.15, -0.1) is 0 Å². The van der Waals surface area contributed by atoms with Gasteiger partial charge in [-0.25, -0.2) is 5.43 Å². The Morgan fingerprint density at radius 3 is 3.06 bits per heavy atom. The van der Waals surface area contributed by atoms with Crippen LogP contribution in [0.4, 0.5) is 0 Å². The number of halogens is 1. The van der Waals surface area contributed by atoms with Crippen LogP contribution >= 0.6 is 23.3 Å². The monoisotopic (exact) mass is 288 g/mol. The number of methoxy groups -OCH3 is 1. The smallest absolute Gasteiger partial charge is 0.109 e. The molecule has 2 aromatic rings. The van der Waals surface area contributed by atoms with Crippen LogP contribution in [0.1, 0.15) is 17.4 Å². The molecule has 0 aliphatic carbocycles. The number of rotatable bonds is 6. The number of nitrogens with one attached hydrogen (secondary N) is 1. The molecule has 0 saturated heterocycles. The van der Waals surface area contributed by atoms with Crippen LogP contribution in [-0.2, 0) is 11.3 Å². The standard InChI is InChI=1S/C9H13ClN6OS/c1-17-3-2-16-9(6(10)4-12-16)8(14-11)7-5-13-18-15-7/h4-5,8,14H,2-3,11H2,1H3. The average Bonchev–Trinajstić information content (AvgIpc) is 3.00. The van der Waals surface area contributed by atoms with Crippen LogP contribution < -0.4 is 11.3 Å². The fourth-order valence-electron chi connectivity index (χ4n) is 1.62. The number of nitrogens with zero attached hydrogens (tertiary/aromatic N) is 4. The molecule has 0 spiro atoms. The highest BCUT2D eigenvalue weighted by molar-refractivity contribution is 6.99. The van der Waals surface area contributed by atoms with Crippen molar-refractivity contribution >= 4 is 23.3 Å². The summed E-state index contributed by atoms with van der Waals surface area (Å²) in [4.78, 5) is 0. The Balaban J connectivity index is 2.32. The molecule has 3 N–H and O–H groups in total. The number of aromatic nitrogens is 4. The van der Waals surface area contributed by atoms with Crippen molar-refractivity contribution in [1.29, 1.82) is 0 Å². The minimum atomic E-state index is -0.337. The molecule has 0 bridgehead atoms. The molecule has 2 aromatic heterocycles. The van der Waals surface area contributed by atoms with Gasteiger partial charge >= 0.3 is 0 Å². The lowest BCUT2D eigenvalue weighted by Gasteiger charge is -2.16. The van der Waals surface area contributed by atoms with Gasteiger partial charge in [0.15, 0.2) is 0 Å². The van der Waals surface area contributed by atoms with Crippen molar-refractivity contribution in [3.8, 4) is 0 Å². The summed E-state index contributed by atoms with van der Waals surface area (Å²) in [5.41, 5.74) is 4.15. The first-order valence-corrected chi connectivity index (χ1v) is 6.32. The fourth-order valence-corrected chi connectivity index (χ4v) is 2.32. The van der Waals surface area contributed by atoms with Crippen LogP contribution in [0, 0.1) is 0 Å². The van der Waals surface area contributed by atoms with E-state index in [4.69, 9.17) is 22.2 Å². The summed E-state index contributed by atoms with van der Waals surface area (Å²) >= 11 is 7.27. The van der Waals surface area contributed by atoms with E-state index < -0.39 is 0 Å². The maximum absolute atomic E-state index is 6.15. The van der Waals surface area contributed by atoms with E-state index in [-0.39, 0.29) is 6.04 Å². The van der Waals surface area contributed by atoms with Crippen LogP contribution in [0.5, 0.6) is 0 Å². The van der Waals surface area contributed by atoms with E-state index in [1.54, 1.807) is 24.2 Å². The van der Waals surface area contributed by atoms with Crippen LogP contribution in [0.3, 0.4) is 0 Å². The Morgan fingerprint density at radius 1 is 1.61 bits per heavy atom. The molecule has 0 aliphatic rings. The van der Waals surface area contributed by atoms with Crippen LogP contribution in [0.2, 0.25) is 5.02 Å². The molecule has 0 amide bonds. The molecular weight excluding hydrogens is 276 g/mol. The summed E-state index contributed by atoms with van der Waals surface area (Å²) < 4.78 is 14.9. The molecular formula is C9H13ClN6OS. The third-order valence-corrected chi connectivity index (χ3v) is 3.24. The Bertz CT molecular complexity index is 487. The summed E-state index contributed by atoms with van der Waals surface area (Å²) in [6.45, 7) is 1.13. The molecule has 18 heavy (non-hydrogen) atoms. The lowest BCUT2D eigenvalue weighted by Crippen LogP contribution is -2.31. The molecule has 7 nitrogen and oxygen atoms in total. The molecule has 9 heteroatoms. The van der Waals surface area contributed by atoms with Crippen molar-refractivity contribution in [3.05, 3.63) is 28.8 Å². The van der Waals surface area contributed by atoms with Crippen LogP contribution in [0.25, 0.3) is 0 Å². The van der Waals surface area contributed by atoms with Crippen molar-refractivity contribution in [2.45, 2.75) is 12.6 Å². The lowest BCUT2D eigenvalue weighted by molar-refractivity contribution is 0.182. The third kappa shape index (κ3) is 2.68. The minimum Gasteiger partial charge on any atom is -0.383 e. The minimum absolute atomic E-state index is 0.337. The highest BCUT2D eigenvalue weighted by Crippen LogP contribution is 2.26. The van der Waals surface area contributed by atoms with Gasteiger partial charge in [0.25, 0.3) is 0 Å². The van der Waals surface area contributed by atoms with E-state index >= 15 is 0 Å². The van der Waals surface area contributed by atoms with E-state index in [0.717, 1.165) is 17.4 Å². The van der Waals surface area contributed by atoms with Gasteiger partial charge in [0.1, 0.15) is 6.04 Å². The normalized spacial score (nSPS) is 12.8. The van der Waals surface area contributed by atoms with Crippen molar-refractivity contribution in [2.24, 2.45) is 5.84 Å². The van der Waals surface area contributed by atoms with Gasteiger partial charge in [0.05, 0.1) is 53.7 Å². The predicted molar refractivity (Wildman–Crippen MR) is 68.2 cm³/mol. The van der Waals surface area contributed by atoms with Crippen molar-refractivity contribution in [1.82, 2.24) is 24.0 Å².